The number of carbonyl (C=O) groups is 1. The van der Waals surface area contributed by atoms with E-state index in [4.69, 9.17) is 0 Å². The van der Waals surface area contributed by atoms with Crippen molar-refractivity contribution in [3.63, 3.8) is 0 Å². The SMILES string of the molecule is CC(C)C1CCCN(C(=O)[C@@H]2N[C@H]2C2CC2)C1. The third kappa shape index (κ3) is 2.35. The predicted molar refractivity (Wildman–Crippen MR) is 67.6 cm³/mol. The van der Waals surface area contributed by atoms with Gasteiger partial charge in [0.2, 0.25) is 5.91 Å². The van der Waals surface area contributed by atoms with E-state index in [-0.39, 0.29) is 6.04 Å². The molecule has 2 saturated heterocycles. The molecule has 0 aromatic heterocycles. The second-order valence-corrected chi connectivity index (χ2v) is 6.44. The van der Waals surface area contributed by atoms with Crippen molar-refractivity contribution in [1.29, 1.82) is 0 Å². The van der Waals surface area contributed by atoms with E-state index in [1.165, 1.54) is 25.7 Å². The number of hydrogen-bond donors (Lipinski definition) is 1. The summed E-state index contributed by atoms with van der Waals surface area (Å²) in [5.41, 5.74) is 0. The molecule has 3 rings (SSSR count). The van der Waals surface area contributed by atoms with Crippen LogP contribution in [0.15, 0.2) is 0 Å². The monoisotopic (exact) mass is 236 g/mol. The van der Waals surface area contributed by atoms with Crippen LogP contribution in [-0.4, -0.2) is 36.0 Å². The second-order valence-electron chi connectivity index (χ2n) is 6.44. The van der Waals surface area contributed by atoms with E-state index in [2.05, 4.69) is 24.1 Å². The van der Waals surface area contributed by atoms with Crippen LogP contribution < -0.4 is 5.32 Å². The maximum Gasteiger partial charge on any atom is 0.241 e. The molecule has 1 amide bonds. The van der Waals surface area contributed by atoms with E-state index in [9.17, 15) is 4.79 Å². The Hall–Kier alpha value is -0.570. The molecule has 2 aliphatic heterocycles. The van der Waals surface area contributed by atoms with Crippen LogP contribution in [0, 0.1) is 17.8 Å². The molecule has 2 heterocycles. The molecule has 3 aliphatic rings. The topological polar surface area (TPSA) is 42.2 Å². The highest BCUT2D eigenvalue weighted by molar-refractivity contribution is 5.86. The van der Waals surface area contributed by atoms with Gasteiger partial charge in [0.1, 0.15) is 6.04 Å². The van der Waals surface area contributed by atoms with E-state index >= 15 is 0 Å². The van der Waals surface area contributed by atoms with E-state index in [0.717, 1.165) is 19.0 Å². The lowest BCUT2D eigenvalue weighted by atomic mass is 9.88. The lowest BCUT2D eigenvalue weighted by molar-refractivity contribution is -0.132. The molecule has 0 aromatic carbocycles. The van der Waals surface area contributed by atoms with Gasteiger partial charge in [0.05, 0.1) is 0 Å². The van der Waals surface area contributed by atoms with Gasteiger partial charge < -0.3 is 4.90 Å². The normalized spacial score (nSPS) is 37.4. The lowest BCUT2D eigenvalue weighted by Crippen LogP contribution is -2.44. The molecular weight excluding hydrogens is 212 g/mol. The first-order valence-electron chi connectivity index (χ1n) is 7.21. The Morgan fingerprint density at radius 2 is 2.06 bits per heavy atom. The van der Waals surface area contributed by atoms with E-state index in [1.807, 2.05) is 0 Å². The lowest BCUT2D eigenvalue weighted by Gasteiger charge is -2.34. The first-order chi connectivity index (χ1) is 8.16. The zero-order valence-electron chi connectivity index (χ0n) is 11.0. The molecule has 0 radical (unpaired) electrons. The number of rotatable bonds is 3. The number of nitrogens with zero attached hydrogens (tertiary/aromatic N) is 1. The van der Waals surface area contributed by atoms with Crippen molar-refractivity contribution >= 4 is 5.91 Å². The summed E-state index contributed by atoms with van der Waals surface area (Å²) in [6.07, 6.45) is 5.15. The molecule has 0 spiro atoms. The smallest absolute Gasteiger partial charge is 0.241 e. The summed E-state index contributed by atoms with van der Waals surface area (Å²) in [5.74, 6) is 2.62. The molecule has 1 aliphatic carbocycles. The maximum absolute atomic E-state index is 12.3. The van der Waals surface area contributed by atoms with Crippen LogP contribution in [0.3, 0.4) is 0 Å². The quantitative estimate of drug-likeness (QED) is 0.757. The average molecular weight is 236 g/mol. The molecule has 0 aromatic rings. The Kier molecular flexibility index (Phi) is 2.89. The molecule has 17 heavy (non-hydrogen) atoms. The van der Waals surface area contributed by atoms with Gasteiger partial charge >= 0.3 is 0 Å². The highest BCUT2D eigenvalue weighted by atomic mass is 16.2. The molecule has 1 N–H and O–H groups in total. The summed E-state index contributed by atoms with van der Waals surface area (Å²) in [4.78, 5) is 14.5. The van der Waals surface area contributed by atoms with Crippen molar-refractivity contribution < 1.29 is 4.79 Å². The molecule has 3 heteroatoms. The second kappa shape index (κ2) is 4.27. The fourth-order valence-electron chi connectivity index (χ4n) is 3.19. The van der Waals surface area contributed by atoms with Gasteiger partial charge in [0, 0.05) is 19.1 Å². The van der Waals surface area contributed by atoms with Crippen molar-refractivity contribution in [2.75, 3.05) is 13.1 Å². The van der Waals surface area contributed by atoms with Gasteiger partial charge in [0.15, 0.2) is 0 Å². The Morgan fingerprint density at radius 1 is 1.29 bits per heavy atom. The summed E-state index contributed by atoms with van der Waals surface area (Å²) in [6.45, 7) is 6.53. The number of hydrogen-bond acceptors (Lipinski definition) is 2. The molecule has 3 atom stereocenters. The minimum absolute atomic E-state index is 0.174. The Balaban J connectivity index is 1.54. The summed E-state index contributed by atoms with van der Waals surface area (Å²) in [5, 5.41) is 3.38. The number of likely N-dealkylation sites (tertiary alicyclic amines) is 1. The van der Waals surface area contributed by atoms with Gasteiger partial charge in [-0.25, -0.2) is 0 Å². The fraction of sp³-hybridized carbons (Fsp3) is 0.929. The standard InChI is InChI=1S/C14H24N2O/c1-9(2)11-4-3-7-16(8-11)14(17)13-12(15-13)10-5-6-10/h9-13,15H,3-8H2,1-2H3/t11?,12-,13+/m0/s1. The Labute approximate surface area is 104 Å². The van der Waals surface area contributed by atoms with Crippen molar-refractivity contribution in [2.45, 2.75) is 51.6 Å². The molecule has 0 bridgehead atoms. The van der Waals surface area contributed by atoms with Crippen LogP contribution in [0.2, 0.25) is 0 Å². The average Bonchev–Trinajstić information content (AvgIpc) is 3.16. The number of carbonyl (C=O) groups excluding carboxylic acids is 1. The minimum Gasteiger partial charge on any atom is -0.341 e. The summed E-state index contributed by atoms with van der Waals surface area (Å²) >= 11 is 0. The zero-order valence-corrected chi connectivity index (χ0v) is 11.0. The van der Waals surface area contributed by atoms with Crippen LogP contribution in [0.25, 0.3) is 0 Å². The molecule has 96 valence electrons. The van der Waals surface area contributed by atoms with Gasteiger partial charge in [0.25, 0.3) is 0 Å². The highest BCUT2D eigenvalue weighted by Crippen LogP contribution is 2.40. The first-order valence-corrected chi connectivity index (χ1v) is 7.21. The highest BCUT2D eigenvalue weighted by Gasteiger charge is 2.52. The van der Waals surface area contributed by atoms with Crippen molar-refractivity contribution in [3.8, 4) is 0 Å². The number of piperidine rings is 1. The molecule has 3 nitrogen and oxygen atoms in total. The molecule has 3 fully saturated rings. The number of nitrogens with one attached hydrogen (secondary N) is 1. The molecule has 1 unspecified atom stereocenters. The summed E-state index contributed by atoms with van der Waals surface area (Å²) in [6, 6.07) is 0.704. The third-order valence-electron chi connectivity index (χ3n) is 4.73. The van der Waals surface area contributed by atoms with Crippen LogP contribution in [0.4, 0.5) is 0 Å². The van der Waals surface area contributed by atoms with E-state index in [0.29, 0.717) is 23.8 Å². The fourth-order valence-corrected chi connectivity index (χ4v) is 3.19. The van der Waals surface area contributed by atoms with Gasteiger partial charge in [-0.15, -0.1) is 0 Å². The predicted octanol–water partition coefficient (Wildman–Crippen LogP) is 1.63. The number of amides is 1. The van der Waals surface area contributed by atoms with Crippen molar-refractivity contribution in [3.05, 3.63) is 0 Å². The minimum atomic E-state index is 0.174. The van der Waals surface area contributed by atoms with Crippen LogP contribution >= 0.6 is 0 Å². The van der Waals surface area contributed by atoms with Crippen LogP contribution in [0.1, 0.15) is 39.5 Å². The van der Waals surface area contributed by atoms with Gasteiger partial charge in [-0.3, -0.25) is 10.1 Å². The van der Waals surface area contributed by atoms with E-state index in [1.54, 1.807) is 0 Å². The third-order valence-corrected chi connectivity index (χ3v) is 4.73. The zero-order chi connectivity index (χ0) is 12.0. The van der Waals surface area contributed by atoms with Gasteiger partial charge in [-0.2, -0.15) is 0 Å². The van der Waals surface area contributed by atoms with Gasteiger partial charge in [-0.1, -0.05) is 13.8 Å². The first kappa shape index (κ1) is 11.5. The Morgan fingerprint density at radius 3 is 2.71 bits per heavy atom. The van der Waals surface area contributed by atoms with Crippen molar-refractivity contribution in [2.24, 2.45) is 17.8 Å². The summed E-state index contributed by atoms with van der Waals surface area (Å²) < 4.78 is 0. The molecular formula is C14H24N2O. The van der Waals surface area contributed by atoms with Crippen LogP contribution in [-0.2, 0) is 4.79 Å². The largest absolute Gasteiger partial charge is 0.341 e. The van der Waals surface area contributed by atoms with E-state index < -0.39 is 0 Å². The molecule has 1 saturated carbocycles. The summed E-state index contributed by atoms with van der Waals surface area (Å²) in [7, 11) is 0. The van der Waals surface area contributed by atoms with Crippen LogP contribution in [0.5, 0.6) is 0 Å². The Bertz CT molecular complexity index is 311. The van der Waals surface area contributed by atoms with Gasteiger partial charge in [-0.05, 0) is 43.4 Å². The maximum atomic E-state index is 12.3. The van der Waals surface area contributed by atoms with Crippen molar-refractivity contribution in [1.82, 2.24) is 10.2 Å².